The van der Waals surface area contributed by atoms with E-state index < -0.39 is 6.10 Å². The van der Waals surface area contributed by atoms with Crippen molar-refractivity contribution in [3.8, 4) is 0 Å². The Morgan fingerprint density at radius 3 is 0.933 bits per heavy atom. The van der Waals surface area contributed by atoms with Crippen LogP contribution < -0.4 is 0 Å². The normalized spacial score (nSPS) is 14.4. The molecule has 143 valence electrons. The highest BCUT2D eigenvalue weighted by Gasteiger charge is 2.36. The lowest BCUT2D eigenvalue weighted by atomic mass is 9.89. The summed E-state index contributed by atoms with van der Waals surface area (Å²) in [6.45, 7) is 0. The molecule has 0 saturated heterocycles. The fourth-order valence-corrected chi connectivity index (χ4v) is 4.31. The van der Waals surface area contributed by atoms with Crippen LogP contribution in [0.15, 0.2) is 121 Å². The van der Waals surface area contributed by atoms with Gasteiger partial charge >= 0.3 is 0 Å². The molecular weight excluding hydrogens is 364 g/mol. The number of rotatable bonds is 4. The Labute approximate surface area is 177 Å². The summed E-state index contributed by atoms with van der Waals surface area (Å²) in [5.41, 5.74) is 7.87. The van der Waals surface area contributed by atoms with Crippen LogP contribution in [0, 0.1) is 0 Å². The van der Waals surface area contributed by atoms with Crippen LogP contribution in [0.3, 0.4) is 0 Å². The summed E-state index contributed by atoms with van der Waals surface area (Å²) in [5, 5.41) is 14.0. The third-order valence-electron chi connectivity index (χ3n) is 5.61. The maximum Gasteiger partial charge on any atom is 0.145 e. The van der Waals surface area contributed by atoms with Crippen molar-refractivity contribution in [2.45, 2.75) is 6.10 Å². The average Bonchev–Trinajstić information content (AvgIpc) is 3.14. The summed E-state index contributed by atoms with van der Waals surface area (Å²) >= 11 is 0. The minimum Gasteiger partial charge on any atom is -0.223 e. The summed E-state index contributed by atoms with van der Waals surface area (Å²) in [7, 11) is 0. The van der Waals surface area contributed by atoms with Crippen molar-refractivity contribution in [1.29, 1.82) is 0 Å². The van der Waals surface area contributed by atoms with E-state index in [0.717, 1.165) is 44.5 Å². The van der Waals surface area contributed by atoms with E-state index in [0.29, 0.717) is 0 Å². The van der Waals surface area contributed by atoms with Crippen molar-refractivity contribution in [2.24, 2.45) is 0 Å². The molecule has 1 aliphatic rings. The Balaban J connectivity index is 1.86. The van der Waals surface area contributed by atoms with E-state index in [2.05, 4.69) is 24.3 Å². The third kappa shape index (κ3) is 3.20. The van der Waals surface area contributed by atoms with Gasteiger partial charge in [-0.2, -0.15) is 0 Å². The maximum absolute atomic E-state index is 14.0. The van der Waals surface area contributed by atoms with Crippen LogP contribution in [0.5, 0.6) is 0 Å². The van der Waals surface area contributed by atoms with Gasteiger partial charge in [-0.15, -0.1) is 0 Å². The number of hydrogen-bond donors (Lipinski definition) is 0. The number of allylic oxidation sites excluding steroid dienone is 2. The summed E-state index contributed by atoms with van der Waals surface area (Å²) in [4.78, 5) is 0. The maximum atomic E-state index is 14.0. The topological polar surface area (TPSA) is 19.9 Å². The summed E-state index contributed by atoms with van der Waals surface area (Å²) < 4.78 is 0. The van der Waals surface area contributed by atoms with Crippen LogP contribution >= 0.6 is 0 Å². The molecule has 30 heavy (non-hydrogen) atoms. The van der Waals surface area contributed by atoms with Gasteiger partial charge in [0.1, 0.15) is 6.10 Å². The van der Waals surface area contributed by atoms with Crippen molar-refractivity contribution in [1.82, 2.24) is 0 Å². The molecule has 0 bridgehead atoms. The summed E-state index contributed by atoms with van der Waals surface area (Å²) in [5.74, 6) is 0. The predicted molar refractivity (Wildman–Crippen MR) is 124 cm³/mol. The Bertz CT molecular complexity index is 1110. The Hall–Kier alpha value is -3.68. The van der Waals surface area contributed by atoms with Gasteiger partial charge in [0.25, 0.3) is 0 Å². The first-order valence-electron chi connectivity index (χ1n) is 10.2. The van der Waals surface area contributed by atoms with Gasteiger partial charge in [-0.1, -0.05) is 121 Å². The fourth-order valence-electron chi connectivity index (χ4n) is 4.31. The largest absolute Gasteiger partial charge is 0.223 e. The van der Waals surface area contributed by atoms with E-state index in [1.54, 1.807) is 0 Å². The second-order valence-corrected chi connectivity index (χ2v) is 7.42. The first-order chi connectivity index (χ1) is 14.8. The van der Waals surface area contributed by atoms with Gasteiger partial charge in [0.2, 0.25) is 0 Å². The van der Waals surface area contributed by atoms with E-state index in [1.807, 2.05) is 97.1 Å². The van der Waals surface area contributed by atoms with Gasteiger partial charge in [-0.05, 0) is 33.4 Å². The molecular formula is C29H21O. The molecule has 0 fully saturated rings. The second-order valence-electron chi connectivity index (χ2n) is 7.42. The van der Waals surface area contributed by atoms with Gasteiger partial charge in [0, 0.05) is 11.1 Å². The zero-order chi connectivity index (χ0) is 20.3. The molecule has 1 radical (unpaired) electrons. The molecule has 0 spiro atoms. The number of benzene rings is 4. The number of hydrogen-bond acceptors (Lipinski definition) is 0. The highest BCUT2D eigenvalue weighted by Crippen LogP contribution is 2.51. The highest BCUT2D eigenvalue weighted by molar-refractivity contribution is 6.29. The molecule has 0 atom stereocenters. The zero-order valence-corrected chi connectivity index (χ0v) is 16.5. The van der Waals surface area contributed by atoms with Crippen molar-refractivity contribution < 1.29 is 5.11 Å². The second kappa shape index (κ2) is 7.98. The minimum absolute atomic E-state index is 0.847. The van der Waals surface area contributed by atoms with E-state index in [9.17, 15) is 5.11 Å². The first-order valence-corrected chi connectivity index (χ1v) is 10.2. The molecule has 4 aromatic rings. The quantitative estimate of drug-likeness (QED) is 0.360. The average molecular weight is 385 g/mol. The molecule has 0 saturated carbocycles. The molecule has 0 aromatic heterocycles. The van der Waals surface area contributed by atoms with E-state index in [4.69, 9.17) is 0 Å². The van der Waals surface area contributed by atoms with Gasteiger partial charge in [-0.3, -0.25) is 0 Å². The van der Waals surface area contributed by atoms with Crippen LogP contribution in [0.1, 0.15) is 22.3 Å². The predicted octanol–water partition coefficient (Wildman–Crippen LogP) is 7.02. The van der Waals surface area contributed by atoms with Crippen molar-refractivity contribution in [3.63, 3.8) is 0 Å². The molecule has 5 rings (SSSR count). The van der Waals surface area contributed by atoms with E-state index >= 15 is 0 Å². The van der Waals surface area contributed by atoms with Crippen LogP contribution in [0.2, 0.25) is 0 Å². The lowest BCUT2D eigenvalue weighted by molar-refractivity contribution is 0.187. The van der Waals surface area contributed by atoms with Crippen LogP contribution in [-0.2, 0) is 5.11 Å². The molecule has 0 heterocycles. The van der Waals surface area contributed by atoms with Crippen molar-refractivity contribution in [2.75, 3.05) is 0 Å². The fraction of sp³-hybridized carbons (Fsp3) is 0.0345. The molecule has 0 N–H and O–H groups in total. The monoisotopic (exact) mass is 385 g/mol. The lowest BCUT2D eigenvalue weighted by Gasteiger charge is -2.14. The Morgan fingerprint density at radius 1 is 0.367 bits per heavy atom. The van der Waals surface area contributed by atoms with Gasteiger partial charge < -0.3 is 0 Å². The molecule has 0 unspecified atom stereocenters. The molecule has 1 heteroatoms. The first kappa shape index (κ1) is 18.4. The smallest absolute Gasteiger partial charge is 0.145 e. The molecule has 1 nitrogen and oxygen atoms in total. The van der Waals surface area contributed by atoms with Crippen molar-refractivity contribution in [3.05, 3.63) is 144 Å². The highest BCUT2D eigenvalue weighted by atomic mass is 16.3. The lowest BCUT2D eigenvalue weighted by Crippen LogP contribution is -2.07. The summed E-state index contributed by atoms with van der Waals surface area (Å²) in [6, 6.07) is 40.7. The Morgan fingerprint density at radius 2 is 0.633 bits per heavy atom. The SMILES string of the molecule is [O]C1C(c2ccccc2)=C(c2ccccc2)C(c2ccccc2)=C1c1ccccc1. The van der Waals surface area contributed by atoms with Crippen LogP contribution in [0.25, 0.3) is 22.3 Å². The molecule has 0 amide bonds. The van der Waals surface area contributed by atoms with Crippen LogP contribution in [-0.4, -0.2) is 6.10 Å². The van der Waals surface area contributed by atoms with E-state index in [-0.39, 0.29) is 0 Å². The minimum atomic E-state index is -0.958. The molecule has 1 aliphatic carbocycles. The Kier molecular flexibility index (Phi) is 4.88. The third-order valence-corrected chi connectivity index (χ3v) is 5.61. The summed E-state index contributed by atoms with van der Waals surface area (Å²) in [6.07, 6.45) is -0.958. The van der Waals surface area contributed by atoms with Crippen molar-refractivity contribution >= 4 is 22.3 Å². The van der Waals surface area contributed by atoms with Gasteiger partial charge in [0.15, 0.2) is 0 Å². The van der Waals surface area contributed by atoms with E-state index in [1.165, 1.54) is 0 Å². The standard InChI is InChI=1S/C29H21O/c30-29-27(23-17-9-3-10-18-23)25(21-13-5-1-6-14-21)26(22-15-7-2-8-16-22)28(29)24-19-11-4-12-20-24/h1-20,29H. The zero-order valence-electron chi connectivity index (χ0n) is 16.5. The van der Waals surface area contributed by atoms with Crippen LogP contribution in [0.4, 0.5) is 0 Å². The van der Waals surface area contributed by atoms with Gasteiger partial charge in [0.05, 0.1) is 0 Å². The van der Waals surface area contributed by atoms with Gasteiger partial charge in [-0.25, -0.2) is 5.11 Å². The molecule has 4 aromatic carbocycles. The molecule has 0 aliphatic heterocycles.